The van der Waals surface area contributed by atoms with E-state index in [1.807, 2.05) is 0 Å². The summed E-state index contributed by atoms with van der Waals surface area (Å²) in [5.74, 6) is -1.55. The Balaban J connectivity index is 2.77. The maximum absolute atomic E-state index is 11.6. The molecule has 0 spiro atoms. The van der Waals surface area contributed by atoms with Crippen molar-refractivity contribution in [2.75, 3.05) is 6.54 Å². The number of hydrogen-bond acceptors (Lipinski definition) is 4. The lowest BCUT2D eigenvalue weighted by Gasteiger charge is -2.04. The van der Waals surface area contributed by atoms with Gasteiger partial charge in [-0.05, 0) is 13.0 Å². The smallest absolute Gasteiger partial charge is 0.305 e. The van der Waals surface area contributed by atoms with Gasteiger partial charge < -0.3 is 10.4 Å². The molecule has 0 heterocycles. The summed E-state index contributed by atoms with van der Waals surface area (Å²) >= 11 is 0. The van der Waals surface area contributed by atoms with Crippen molar-refractivity contribution in [2.24, 2.45) is 0 Å². The number of amides is 1. The first-order chi connectivity index (χ1) is 8.41. The van der Waals surface area contributed by atoms with Crippen LogP contribution in [0.2, 0.25) is 0 Å². The number of nitro benzene ring substituents is 1. The fourth-order valence-corrected chi connectivity index (χ4v) is 1.33. The summed E-state index contributed by atoms with van der Waals surface area (Å²) in [4.78, 5) is 32.0. The molecule has 0 fully saturated rings. The Labute approximate surface area is 103 Å². The van der Waals surface area contributed by atoms with Crippen LogP contribution in [0, 0.1) is 17.0 Å². The van der Waals surface area contributed by atoms with Crippen LogP contribution in [0.4, 0.5) is 5.69 Å². The van der Waals surface area contributed by atoms with Crippen LogP contribution in [0.25, 0.3) is 0 Å². The average Bonchev–Trinajstić information content (AvgIpc) is 2.28. The van der Waals surface area contributed by atoms with Crippen LogP contribution in [0.5, 0.6) is 0 Å². The van der Waals surface area contributed by atoms with Gasteiger partial charge in [-0.3, -0.25) is 19.7 Å². The van der Waals surface area contributed by atoms with Crippen LogP contribution in [0.1, 0.15) is 22.3 Å². The monoisotopic (exact) mass is 252 g/mol. The molecule has 0 aromatic heterocycles. The second-order valence-electron chi connectivity index (χ2n) is 3.66. The van der Waals surface area contributed by atoms with Crippen molar-refractivity contribution in [1.29, 1.82) is 0 Å². The van der Waals surface area contributed by atoms with Crippen molar-refractivity contribution < 1.29 is 19.6 Å². The van der Waals surface area contributed by atoms with E-state index in [4.69, 9.17) is 5.11 Å². The van der Waals surface area contributed by atoms with Crippen molar-refractivity contribution in [3.05, 3.63) is 39.4 Å². The van der Waals surface area contributed by atoms with Gasteiger partial charge in [0.2, 0.25) is 0 Å². The number of rotatable bonds is 5. The number of benzene rings is 1. The van der Waals surface area contributed by atoms with Crippen molar-refractivity contribution >= 4 is 17.6 Å². The van der Waals surface area contributed by atoms with Gasteiger partial charge in [-0.2, -0.15) is 0 Å². The predicted octanol–water partition coefficient (Wildman–Crippen LogP) is 1.11. The molecule has 0 saturated carbocycles. The number of carbonyl (C=O) groups is 2. The number of carboxylic acids is 1. The SMILES string of the molecule is Cc1ccc(C(=O)NCCC(=O)O)cc1[N+](=O)[O-]. The Morgan fingerprint density at radius 2 is 2.11 bits per heavy atom. The standard InChI is InChI=1S/C11H12N2O5/c1-7-2-3-8(6-9(7)13(17)18)11(16)12-5-4-10(14)15/h2-3,6H,4-5H2,1H3,(H,12,16)(H,14,15). The zero-order valence-electron chi connectivity index (χ0n) is 9.67. The fraction of sp³-hybridized carbons (Fsp3) is 0.273. The number of carboxylic acid groups (broad SMARTS) is 1. The largest absolute Gasteiger partial charge is 0.481 e. The minimum atomic E-state index is -1.02. The summed E-state index contributed by atoms with van der Waals surface area (Å²) < 4.78 is 0. The Kier molecular flexibility index (Phi) is 4.36. The lowest BCUT2D eigenvalue weighted by atomic mass is 10.1. The van der Waals surface area contributed by atoms with Crippen LogP contribution in [-0.2, 0) is 4.79 Å². The summed E-state index contributed by atoms with van der Waals surface area (Å²) in [5.41, 5.74) is 0.459. The van der Waals surface area contributed by atoms with E-state index in [-0.39, 0.29) is 24.2 Å². The lowest BCUT2D eigenvalue weighted by molar-refractivity contribution is -0.385. The number of hydrogen-bond donors (Lipinski definition) is 2. The highest BCUT2D eigenvalue weighted by molar-refractivity contribution is 5.95. The summed E-state index contributed by atoms with van der Waals surface area (Å²) in [6, 6.07) is 4.11. The number of nitro groups is 1. The summed E-state index contributed by atoms with van der Waals surface area (Å²) in [5, 5.41) is 21.5. The molecular formula is C11H12N2O5. The third-order valence-electron chi connectivity index (χ3n) is 2.29. The van der Waals surface area contributed by atoms with Crippen molar-refractivity contribution in [3.63, 3.8) is 0 Å². The number of nitrogens with zero attached hydrogens (tertiary/aromatic N) is 1. The third-order valence-corrected chi connectivity index (χ3v) is 2.29. The highest BCUT2D eigenvalue weighted by Crippen LogP contribution is 2.19. The van der Waals surface area contributed by atoms with E-state index < -0.39 is 16.8 Å². The molecule has 0 aliphatic heterocycles. The Hall–Kier alpha value is -2.44. The molecule has 0 saturated heterocycles. The molecule has 2 N–H and O–H groups in total. The van der Waals surface area contributed by atoms with E-state index in [0.717, 1.165) is 0 Å². The van der Waals surface area contributed by atoms with E-state index in [0.29, 0.717) is 5.56 Å². The Morgan fingerprint density at radius 1 is 1.44 bits per heavy atom. The lowest BCUT2D eigenvalue weighted by Crippen LogP contribution is -2.26. The second-order valence-corrected chi connectivity index (χ2v) is 3.66. The summed E-state index contributed by atoms with van der Waals surface area (Å²) in [7, 11) is 0. The first-order valence-electron chi connectivity index (χ1n) is 5.17. The highest BCUT2D eigenvalue weighted by atomic mass is 16.6. The van der Waals surface area contributed by atoms with Crippen molar-refractivity contribution in [2.45, 2.75) is 13.3 Å². The Morgan fingerprint density at radius 3 is 2.67 bits per heavy atom. The van der Waals surface area contributed by atoms with Gasteiger partial charge in [-0.25, -0.2) is 0 Å². The number of aliphatic carboxylic acids is 1. The van der Waals surface area contributed by atoms with Gasteiger partial charge in [0.1, 0.15) is 0 Å². The van der Waals surface area contributed by atoms with Crippen LogP contribution in [0.15, 0.2) is 18.2 Å². The zero-order chi connectivity index (χ0) is 13.7. The van der Waals surface area contributed by atoms with Crippen molar-refractivity contribution in [1.82, 2.24) is 5.32 Å². The van der Waals surface area contributed by atoms with Gasteiger partial charge in [-0.15, -0.1) is 0 Å². The topological polar surface area (TPSA) is 110 Å². The molecule has 0 aliphatic carbocycles. The van der Waals surface area contributed by atoms with E-state index in [2.05, 4.69) is 5.32 Å². The molecule has 0 aliphatic rings. The molecule has 0 radical (unpaired) electrons. The van der Waals surface area contributed by atoms with Crippen LogP contribution < -0.4 is 5.32 Å². The second kappa shape index (κ2) is 5.76. The molecular weight excluding hydrogens is 240 g/mol. The van der Waals surface area contributed by atoms with Gasteiger partial charge in [-0.1, -0.05) is 6.07 Å². The molecule has 1 aromatic carbocycles. The molecule has 1 aromatic rings. The first kappa shape index (κ1) is 13.6. The summed E-state index contributed by atoms with van der Waals surface area (Å²) in [6.07, 6.45) is -0.195. The molecule has 18 heavy (non-hydrogen) atoms. The molecule has 96 valence electrons. The van der Waals surface area contributed by atoms with Crippen LogP contribution in [-0.4, -0.2) is 28.5 Å². The van der Waals surface area contributed by atoms with Gasteiger partial charge in [0, 0.05) is 23.7 Å². The van der Waals surface area contributed by atoms with E-state index in [1.165, 1.54) is 18.2 Å². The molecule has 7 nitrogen and oxygen atoms in total. The fourth-order valence-electron chi connectivity index (χ4n) is 1.33. The highest BCUT2D eigenvalue weighted by Gasteiger charge is 2.14. The minimum absolute atomic E-state index is 0.0180. The van der Waals surface area contributed by atoms with Crippen molar-refractivity contribution in [3.8, 4) is 0 Å². The number of aryl methyl sites for hydroxylation is 1. The molecule has 7 heteroatoms. The van der Waals surface area contributed by atoms with Crippen LogP contribution in [0.3, 0.4) is 0 Å². The molecule has 1 rings (SSSR count). The van der Waals surface area contributed by atoms with E-state index in [9.17, 15) is 19.7 Å². The van der Waals surface area contributed by atoms with Gasteiger partial charge >= 0.3 is 5.97 Å². The zero-order valence-corrected chi connectivity index (χ0v) is 9.67. The molecule has 0 unspecified atom stereocenters. The van der Waals surface area contributed by atoms with Crippen LogP contribution >= 0.6 is 0 Å². The third kappa shape index (κ3) is 3.55. The molecule has 1 amide bonds. The summed E-state index contributed by atoms with van der Waals surface area (Å²) in [6.45, 7) is 1.56. The maximum Gasteiger partial charge on any atom is 0.305 e. The first-order valence-corrected chi connectivity index (χ1v) is 5.17. The van der Waals surface area contributed by atoms with Gasteiger partial charge in [0.05, 0.1) is 11.3 Å². The predicted molar refractivity (Wildman–Crippen MR) is 62.4 cm³/mol. The Bertz CT molecular complexity index is 498. The van der Waals surface area contributed by atoms with Gasteiger partial charge in [0.25, 0.3) is 11.6 Å². The van der Waals surface area contributed by atoms with E-state index in [1.54, 1.807) is 6.92 Å². The quantitative estimate of drug-likeness (QED) is 0.602. The average molecular weight is 252 g/mol. The number of nitrogens with one attached hydrogen (secondary N) is 1. The van der Waals surface area contributed by atoms with E-state index >= 15 is 0 Å². The number of carbonyl (C=O) groups excluding carboxylic acids is 1. The maximum atomic E-state index is 11.6. The molecule has 0 atom stereocenters. The van der Waals surface area contributed by atoms with Gasteiger partial charge in [0.15, 0.2) is 0 Å². The molecule has 0 bridgehead atoms. The normalized spacial score (nSPS) is 9.83. The minimum Gasteiger partial charge on any atom is -0.481 e.